The number of rotatable bonds is 5. The highest BCUT2D eigenvalue weighted by Crippen LogP contribution is 2.12. The molecule has 4 heteroatoms. The fourth-order valence-corrected chi connectivity index (χ4v) is 2.71. The second kappa shape index (κ2) is 7.17. The summed E-state index contributed by atoms with van der Waals surface area (Å²) in [4.78, 5) is 12.2. The summed E-state index contributed by atoms with van der Waals surface area (Å²) in [7, 11) is 0. The van der Waals surface area contributed by atoms with Gasteiger partial charge in [0.25, 0.3) is 0 Å². The minimum absolute atomic E-state index is 0.0729. The van der Waals surface area contributed by atoms with E-state index in [1.807, 2.05) is 31.2 Å². The van der Waals surface area contributed by atoms with Crippen molar-refractivity contribution in [3.63, 3.8) is 0 Å². The van der Waals surface area contributed by atoms with Gasteiger partial charge >= 0.3 is 0 Å². The van der Waals surface area contributed by atoms with Crippen molar-refractivity contribution in [3.05, 3.63) is 34.3 Å². The van der Waals surface area contributed by atoms with Crippen LogP contribution in [-0.4, -0.2) is 16.8 Å². The molecule has 1 aromatic rings. The summed E-state index contributed by atoms with van der Waals surface area (Å²) >= 11 is 6.88. The van der Waals surface area contributed by atoms with Crippen LogP contribution in [0.5, 0.6) is 0 Å². The predicted octanol–water partition coefficient (Wildman–Crippen LogP) is 3.67. The van der Waals surface area contributed by atoms with Crippen molar-refractivity contribution < 1.29 is 4.79 Å². The van der Waals surface area contributed by atoms with Crippen LogP contribution in [0.3, 0.4) is 0 Å². The Hall–Kier alpha value is -0.350. The lowest BCUT2D eigenvalue weighted by Gasteiger charge is -2.15. The molecule has 0 aliphatic rings. The van der Waals surface area contributed by atoms with Crippen LogP contribution in [0.25, 0.3) is 0 Å². The Labute approximate surface area is 119 Å². The van der Waals surface area contributed by atoms with Gasteiger partial charge in [0.2, 0.25) is 5.91 Å². The van der Waals surface area contributed by atoms with E-state index in [1.165, 1.54) is 0 Å². The molecule has 2 unspecified atom stereocenters. The van der Waals surface area contributed by atoms with E-state index in [4.69, 9.17) is 0 Å². The Morgan fingerprint density at radius 3 is 2.71 bits per heavy atom. The lowest BCUT2D eigenvalue weighted by atomic mass is 10.1. The zero-order valence-electron chi connectivity index (χ0n) is 10.0. The number of nitrogens with one attached hydrogen (secondary N) is 1. The standard InChI is InChI=1S/C13H17Br2NO/c1-9(14)6-10(2)16-13(17)8-11-4-3-5-12(15)7-11/h3-5,7,9-10H,6,8H2,1-2H3,(H,16,17). The minimum atomic E-state index is 0.0729. The molecule has 1 amide bonds. The van der Waals surface area contributed by atoms with E-state index in [1.54, 1.807) is 0 Å². The number of amides is 1. The van der Waals surface area contributed by atoms with Crippen molar-refractivity contribution in [2.24, 2.45) is 0 Å². The Kier molecular flexibility index (Phi) is 6.20. The molecule has 0 bridgehead atoms. The highest BCUT2D eigenvalue weighted by molar-refractivity contribution is 9.10. The maximum absolute atomic E-state index is 11.8. The fourth-order valence-electron chi connectivity index (χ4n) is 1.70. The highest BCUT2D eigenvalue weighted by Gasteiger charge is 2.10. The summed E-state index contributed by atoms with van der Waals surface area (Å²) in [5, 5.41) is 2.99. The molecule has 0 heterocycles. The largest absolute Gasteiger partial charge is 0.353 e. The van der Waals surface area contributed by atoms with Gasteiger partial charge in [-0.05, 0) is 31.0 Å². The number of carbonyl (C=O) groups excluding carboxylic acids is 1. The molecule has 0 saturated heterocycles. The first-order valence-corrected chi connectivity index (χ1v) is 7.36. The van der Waals surface area contributed by atoms with Crippen LogP contribution in [0.4, 0.5) is 0 Å². The molecule has 0 saturated carbocycles. The summed E-state index contributed by atoms with van der Waals surface area (Å²) in [5.74, 6) is 0.0729. The normalized spacial score (nSPS) is 14.1. The van der Waals surface area contributed by atoms with Crippen LogP contribution in [0, 0.1) is 0 Å². The summed E-state index contributed by atoms with van der Waals surface area (Å²) in [5.41, 5.74) is 1.02. The second-order valence-corrected chi connectivity index (χ2v) is 6.77. The van der Waals surface area contributed by atoms with Gasteiger partial charge in [-0.2, -0.15) is 0 Å². The summed E-state index contributed by atoms with van der Waals surface area (Å²) in [6, 6.07) is 8.02. The van der Waals surface area contributed by atoms with Crippen LogP contribution >= 0.6 is 31.9 Å². The first kappa shape index (κ1) is 14.7. The Bertz CT molecular complexity index is 379. The molecular formula is C13H17Br2NO. The Balaban J connectivity index is 2.44. The molecule has 1 aromatic carbocycles. The summed E-state index contributed by atoms with van der Waals surface area (Å²) in [6.45, 7) is 4.10. The highest BCUT2D eigenvalue weighted by atomic mass is 79.9. The average molecular weight is 363 g/mol. The number of benzene rings is 1. The smallest absolute Gasteiger partial charge is 0.224 e. The quantitative estimate of drug-likeness (QED) is 0.795. The molecule has 94 valence electrons. The van der Waals surface area contributed by atoms with Gasteiger partial charge in [-0.3, -0.25) is 4.79 Å². The molecular weight excluding hydrogens is 346 g/mol. The van der Waals surface area contributed by atoms with E-state index >= 15 is 0 Å². The topological polar surface area (TPSA) is 29.1 Å². The maximum Gasteiger partial charge on any atom is 0.224 e. The molecule has 0 aliphatic heterocycles. The Morgan fingerprint density at radius 2 is 2.12 bits per heavy atom. The molecule has 1 N–H and O–H groups in total. The molecule has 2 atom stereocenters. The van der Waals surface area contributed by atoms with E-state index in [0.717, 1.165) is 16.5 Å². The third-order valence-electron chi connectivity index (χ3n) is 2.34. The molecule has 17 heavy (non-hydrogen) atoms. The van der Waals surface area contributed by atoms with Gasteiger partial charge in [-0.1, -0.05) is 50.9 Å². The van der Waals surface area contributed by atoms with Crippen molar-refractivity contribution in [2.45, 2.75) is 37.6 Å². The van der Waals surface area contributed by atoms with Crippen molar-refractivity contribution >= 4 is 37.8 Å². The van der Waals surface area contributed by atoms with E-state index in [-0.39, 0.29) is 11.9 Å². The predicted molar refractivity (Wildman–Crippen MR) is 78.5 cm³/mol. The SMILES string of the molecule is CC(Br)CC(C)NC(=O)Cc1cccc(Br)c1. The van der Waals surface area contributed by atoms with E-state index < -0.39 is 0 Å². The van der Waals surface area contributed by atoms with E-state index in [9.17, 15) is 4.79 Å². The van der Waals surface area contributed by atoms with Gasteiger partial charge < -0.3 is 5.32 Å². The third kappa shape index (κ3) is 6.22. The lowest BCUT2D eigenvalue weighted by Crippen LogP contribution is -2.34. The fraction of sp³-hybridized carbons (Fsp3) is 0.462. The third-order valence-corrected chi connectivity index (χ3v) is 3.21. The van der Waals surface area contributed by atoms with Crippen molar-refractivity contribution in [1.29, 1.82) is 0 Å². The minimum Gasteiger partial charge on any atom is -0.353 e. The van der Waals surface area contributed by atoms with Gasteiger partial charge in [0, 0.05) is 15.3 Å². The average Bonchev–Trinajstić information content (AvgIpc) is 2.14. The summed E-state index contributed by atoms with van der Waals surface area (Å²) in [6.07, 6.45) is 1.37. The van der Waals surface area contributed by atoms with Gasteiger partial charge in [0.15, 0.2) is 0 Å². The molecule has 1 rings (SSSR count). The van der Waals surface area contributed by atoms with Crippen molar-refractivity contribution in [2.75, 3.05) is 0 Å². The van der Waals surface area contributed by atoms with Crippen LogP contribution in [0.2, 0.25) is 0 Å². The second-order valence-electron chi connectivity index (χ2n) is 4.29. The maximum atomic E-state index is 11.8. The molecule has 0 fully saturated rings. The number of alkyl halides is 1. The van der Waals surface area contributed by atoms with Crippen LogP contribution in [-0.2, 0) is 11.2 Å². The zero-order chi connectivity index (χ0) is 12.8. The van der Waals surface area contributed by atoms with E-state index in [0.29, 0.717) is 11.2 Å². The number of carbonyl (C=O) groups is 1. The monoisotopic (exact) mass is 361 g/mol. The van der Waals surface area contributed by atoms with Gasteiger partial charge in [0.1, 0.15) is 0 Å². The first-order valence-electron chi connectivity index (χ1n) is 5.65. The van der Waals surface area contributed by atoms with Crippen molar-refractivity contribution in [1.82, 2.24) is 5.32 Å². The van der Waals surface area contributed by atoms with Crippen LogP contribution in [0.1, 0.15) is 25.8 Å². The molecule has 0 aliphatic carbocycles. The molecule has 0 aromatic heterocycles. The number of hydrogen-bond acceptors (Lipinski definition) is 1. The Morgan fingerprint density at radius 1 is 1.41 bits per heavy atom. The molecule has 2 nitrogen and oxygen atoms in total. The van der Waals surface area contributed by atoms with Crippen molar-refractivity contribution in [3.8, 4) is 0 Å². The number of halogens is 2. The van der Waals surface area contributed by atoms with Crippen LogP contribution in [0.15, 0.2) is 28.7 Å². The van der Waals surface area contributed by atoms with Gasteiger partial charge in [-0.15, -0.1) is 0 Å². The molecule has 0 radical (unpaired) electrons. The molecule has 0 spiro atoms. The number of hydrogen-bond donors (Lipinski definition) is 1. The lowest BCUT2D eigenvalue weighted by molar-refractivity contribution is -0.121. The van der Waals surface area contributed by atoms with Gasteiger partial charge in [-0.25, -0.2) is 0 Å². The van der Waals surface area contributed by atoms with E-state index in [2.05, 4.69) is 44.1 Å². The van der Waals surface area contributed by atoms with Gasteiger partial charge in [0.05, 0.1) is 6.42 Å². The first-order chi connectivity index (χ1) is 7.97. The van der Waals surface area contributed by atoms with Crippen LogP contribution < -0.4 is 5.32 Å². The zero-order valence-corrected chi connectivity index (χ0v) is 13.2. The summed E-state index contributed by atoms with van der Waals surface area (Å²) < 4.78 is 1.00.